The zero-order valence-electron chi connectivity index (χ0n) is 6.88. The molecule has 2 saturated heterocycles. The predicted octanol–water partition coefficient (Wildman–Crippen LogP) is 0.0281. The molecule has 2 heterocycles. The molecular weight excluding hydrogens is 140 g/mol. The zero-order chi connectivity index (χ0) is 7.52. The average molecular weight is 156 g/mol. The second-order valence-corrected chi connectivity index (χ2v) is 3.29. The van der Waals surface area contributed by atoms with Gasteiger partial charge in [-0.15, -0.1) is 0 Å². The number of morpholine rings is 1. The van der Waals surface area contributed by atoms with Crippen LogP contribution in [0.5, 0.6) is 0 Å². The molecule has 2 rings (SSSR count). The first-order valence-electron chi connectivity index (χ1n) is 4.52. The molecule has 2 fully saturated rings. The van der Waals surface area contributed by atoms with Crippen molar-refractivity contribution >= 4 is 0 Å². The number of likely N-dealkylation sites (tertiary alicyclic amines) is 1. The maximum atomic E-state index is 5.39. The maximum absolute atomic E-state index is 5.39. The van der Waals surface area contributed by atoms with Crippen LogP contribution in [0.25, 0.3) is 0 Å². The van der Waals surface area contributed by atoms with Gasteiger partial charge in [0, 0.05) is 6.54 Å². The monoisotopic (exact) mass is 156 g/mol. The fourth-order valence-corrected chi connectivity index (χ4v) is 1.84. The minimum Gasteiger partial charge on any atom is -0.377 e. The number of nitrogens with one attached hydrogen (secondary N) is 1. The highest BCUT2D eigenvalue weighted by Crippen LogP contribution is 2.11. The molecule has 0 aliphatic carbocycles. The van der Waals surface area contributed by atoms with Gasteiger partial charge in [0.25, 0.3) is 0 Å². The highest BCUT2D eigenvalue weighted by molar-refractivity contribution is 4.76. The molecule has 3 nitrogen and oxygen atoms in total. The highest BCUT2D eigenvalue weighted by atomic mass is 16.5. The van der Waals surface area contributed by atoms with Crippen molar-refractivity contribution < 1.29 is 4.74 Å². The van der Waals surface area contributed by atoms with Crippen molar-refractivity contribution in [3.63, 3.8) is 0 Å². The Morgan fingerprint density at radius 2 is 2.09 bits per heavy atom. The zero-order valence-corrected chi connectivity index (χ0v) is 6.88. The van der Waals surface area contributed by atoms with Gasteiger partial charge in [-0.25, -0.2) is 0 Å². The van der Waals surface area contributed by atoms with Crippen molar-refractivity contribution in [1.82, 2.24) is 10.2 Å². The van der Waals surface area contributed by atoms with E-state index in [1.807, 2.05) is 0 Å². The van der Waals surface area contributed by atoms with Crippen LogP contribution in [0.4, 0.5) is 0 Å². The van der Waals surface area contributed by atoms with Crippen molar-refractivity contribution in [3.05, 3.63) is 0 Å². The Morgan fingerprint density at radius 3 is 2.73 bits per heavy atom. The van der Waals surface area contributed by atoms with E-state index in [0.29, 0.717) is 6.17 Å². The molecule has 1 N–H and O–H groups in total. The van der Waals surface area contributed by atoms with E-state index >= 15 is 0 Å². The summed E-state index contributed by atoms with van der Waals surface area (Å²) in [6.07, 6.45) is 3.22. The van der Waals surface area contributed by atoms with Crippen LogP contribution in [0.3, 0.4) is 0 Å². The quantitative estimate of drug-likeness (QED) is 0.579. The summed E-state index contributed by atoms with van der Waals surface area (Å²) in [6, 6.07) is 0. The Morgan fingerprint density at radius 1 is 1.27 bits per heavy atom. The van der Waals surface area contributed by atoms with Crippen molar-refractivity contribution in [1.29, 1.82) is 0 Å². The summed E-state index contributed by atoms with van der Waals surface area (Å²) < 4.78 is 5.39. The molecule has 2 aliphatic rings. The van der Waals surface area contributed by atoms with Gasteiger partial charge in [0.05, 0.1) is 19.4 Å². The van der Waals surface area contributed by atoms with Crippen LogP contribution in [-0.4, -0.2) is 43.9 Å². The Bertz CT molecular complexity index is 117. The van der Waals surface area contributed by atoms with Crippen molar-refractivity contribution in [2.45, 2.75) is 19.0 Å². The Kier molecular flexibility index (Phi) is 2.41. The molecule has 2 aliphatic heterocycles. The summed E-state index contributed by atoms with van der Waals surface area (Å²) in [6.45, 7) is 5.27. The van der Waals surface area contributed by atoms with Crippen LogP contribution >= 0.6 is 0 Å². The SMILES string of the molecule is C1CCN([C@H]2COCCN2)C1. The summed E-state index contributed by atoms with van der Waals surface area (Å²) in [5.41, 5.74) is 0. The molecule has 3 heteroatoms. The Hall–Kier alpha value is -0.120. The average Bonchev–Trinajstić information content (AvgIpc) is 2.58. The van der Waals surface area contributed by atoms with Gasteiger partial charge < -0.3 is 4.74 Å². The van der Waals surface area contributed by atoms with Crippen LogP contribution in [0, 0.1) is 0 Å². The molecule has 0 aromatic rings. The summed E-state index contributed by atoms with van der Waals surface area (Å²) in [4.78, 5) is 2.49. The molecule has 0 spiro atoms. The molecule has 1 atom stereocenters. The molecule has 0 saturated carbocycles. The fraction of sp³-hybridized carbons (Fsp3) is 1.00. The van der Waals surface area contributed by atoms with Gasteiger partial charge in [0.1, 0.15) is 0 Å². The van der Waals surface area contributed by atoms with Crippen molar-refractivity contribution in [2.24, 2.45) is 0 Å². The van der Waals surface area contributed by atoms with Crippen LogP contribution in [0.2, 0.25) is 0 Å². The smallest absolute Gasteiger partial charge is 0.0839 e. The first-order valence-corrected chi connectivity index (χ1v) is 4.52. The molecule has 64 valence electrons. The van der Waals surface area contributed by atoms with Crippen LogP contribution < -0.4 is 5.32 Å². The fourth-order valence-electron chi connectivity index (χ4n) is 1.84. The standard InChI is InChI=1S/C8H16N2O/c1-2-5-10(4-1)8-7-11-6-3-9-8/h8-9H,1-7H2/t8-/m0/s1. The molecule has 0 aromatic carbocycles. The number of nitrogens with zero attached hydrogens (tertiary/aromatic N) is 1. The normalized spacial score (nSPS) is 34.4. The van der Waals surface area contributed by atoms with Gasteiger partial charge in [-0.1, -0.05) is 0 Å². The van der Waals surface area contributed by atoms with E-state index in [2.05, 4.69) is 10.2 Å². The first kappa shape index (κ1) is 7.53. The van der Waals surface area contributed by atoms with Crippen LogP contribution in [0.15, 0.2) is 0 Å². The minimum absolute atomic E-state index is 0.506. The molecule has 0 unspecified atom stereocenters. The lowest BCUT2D eigenvalue weighted by atomic mass is 10.4. The first-order chi connectivity index (χ1) is 5.47. The van der Waals surface area contributed by atoms with Crippen molar-refractivity contribution in [2.75, 3.05) is 32.8 Å². The number of rotatable bonds is 1. The van der Waals surface area contributed by atoms with E-state index in [1.54, 1.807) is 0 Å². The summed E-state index contributed by atoms with van der Waals surface area (Å²) >= 11 is 0. The van der Waals surface area contributed by atoms with E-state index in [9.17, 15) is 0 Å². The molecule has 0 amide bonds. The topological polar surface area (TPSA) is 24.5 Å². The van der Waals surface area contributed by atoms with Gasteiger partial charge in [0.2, 0.25) is 0 Å². The summed E-state index contributed by atoms with van der Waals surface area (Å²) in [5.74, 6) is 0. The number of hydrogen-bond acceptors (Lipinski definition) is 3. The third-order valence-electron chi connectivity index (χ3n) is 2.48. The Labute approximate surface area is 67.7 Å². The van der Waals surface area contributed by atoms with E-state index in [-0.39, 0.29) is 0 Å². The molecule has 0 radical (unpaired) electrons. The van der Waals surface area contributed by atoms with E-state index in [0.717, 1.165) is 19.8 Å². The van der Waals surface area contributed by atoms with Crippen LogP contribution in [-0.2, 0) is 4.74 Å². The number of hydrogen-bond donors (Lipinski definition) is 1. The van der Waals surface area contributed by atoms with Gasteiger partial charge in [-0.2, -0.15) is 0 Å². The highest BCUT2D eigenvalue weighted by Gasteiger charge is 2.23. The van der Waals surface area contributed by atoms with Gasteiger partial charge >= 0.3 is 0 Å². The van der Waals surface area contributed by atoms with Gasteiger partial charge in [-0.05, 0) is 25.9 Å². The summed E-state index contributed by atoms with van der Waals surface area (Å²) in [5, 5.41) is 3.46. The van der Waals surface area contributed by atoms with E-state index < -0.39 is 0 Å². The third-order valence-corrected chi connectivity index (χ3v) is 2.48. The largest absolute Gasteiger partial charge is 0.377 e. The molecule has 11 heavy (non-hydrogen) atoms. The third kappa shape index (κ3) is 1.72. The minimum atomic E-state index is 0.506. The molecular formula is C8H16N2O. The predicted molar refractivity (Wildman–Crippen MR) is 43.4 cm³/mol. The lowest BCUT2D eigenvalue weighted by Gasteiger charge is -2.31. The lowest BCUT2D eigenvalue weighted by molar-refractivity contribution is 0.0184. The van der Waals surface area contributed by atoms with Gasteiger partial charge in [-0.3, -0.25) is 10.2 Å². The maximum Gasteiger partial charge on any atom is 0.0839 e. The second kappa shape index (κ2) is 3.52. The number of ether oxygens (including phenoxy) is 1. The lowest BCUT2D eigenvalue weighted by Crippen LogP contribution is -2.51. The molecule has 0 bridgehead atoms. The van der Waals surface area contributed by atoms with E-state index in [1.165, 1.54) is 25.9 Å². The summed E-state index contributed by atoms with van der Waals surface area (Å²) in [7, 11) is 0. The Balaban J connectivity index is 1.82. The molecule has 0 aromatic heterocycles. The van der Waals surface area contributed by atoms with Gasteiger partial charge in [0.15, 0.2) is 0 Å². The second-order valence-electron chi connectivity index (χ2n) is 3.29. The van der Waals surface area contributed by atoms with Crippen molar-refractivity contribution in [3.8, 4) is 0 Å². The van der Waals surface area contributed by atoms with Crippen LogP contribution in [0.1, 0.15) is 12.8 Å². The van der Waals surface area contributed by atoms with E-state index in [4.69, 9.17) is 4.74 Å².